The number of alkyl carbamates (subject to hydrolysis) is 1. The monoisotopic (exact) mass is 321 g/mol. The van der Waals surface area contributed by atoms with Gasteiger partial charge < -0.3 is 14.6 Å². The highest BCUT2D eigenvalue weighted by atomic mass is 16.6. The molecular formula is C17H23NO5. The van der Waals surface area contributed by atoms with E-state index in [9.17, 15) is 9.59 Å². The Morgan fingerprint density at radius 2 is 1.87 bits per heavy atom. The number of amides is 1. The molecule has 1 aromatic carbocycles. The highest BCUT2D eigenvalue weighted by Crippen LogP contribution is 2.07. The van der Waals surface area contributed by atoms with Crippen molar-refractivity contribution in [3.05, 3.63) is 47.7 Å². The summed E-state index contributed by atoms with van der Waals surface area (Å²) in [7, 11) is 0. The molecule has 6 heteroatoms. The van der Waals surface area contributed by atoms with E-state index in [2.05, 4.69) is 5.32 Å². The molecular weight excluding hydrogens is 298 g/mol. The number of hydrogen-bond acceptors (Lipinski definition) is 4. The second-order valence-electron chi connectivity index (χ2n) is 5.88. The minimum absolute atomic E-state index is 0.220. The predicted molar refractivity (Wildman–Crippen MR) is 85.8 cm³/mol. The molecule has 126 valence electrons. The molecule has 0 saturated heterocycles. The largest absolute Gasteiger partial charge is 0.477 e. The fraction of sp³-hybridized carbons (Fsp3) is 0.412. The summed E-state index contributed by atoms with van der Waals surface area (Å²) < 4.78 is 10.5. The van der Waals surface area contributed by atoms with E-state index in [1.807, 2.05) is 30.3 Å². The van der Waals surface area contributed by atoms with Gasteiger partial charge in [0, 0.05) is 0 Å². The highest BCUT2D eigenvalue weighted by molar-refractivity contribution is 5.90. The maximum Gasteiger partial charge on any atom is 0.412 e. The van der Waals surface area contributed by atoms with E-state index in [-0.39, 0.29) is 5.70 Å². The lowest BCUT2D eigenvalue weighted by atomic mass is 10.2. The van der Waals surface area contributed by atoms with Gasteiger partial charge in [0.05, 0.1) is 13.2 Å². The van der Waals surface area contributed by atoms with Gasteiger partial charge in [0.25, 0.3) is 0 Å². The van der Waals surface area contributed by atoms with Gasteiger partial charge in [-0.25, -0.2) is 9.59 Å². The molecule has 1 rings (SSSR count). The number of rotatable bonds is 7. The van der Waals surface area contributed by atoms with Crippen LogP contribution in [0.4, 0.5) is 4.79 Å². The standard InChI is InChI=1S/C17H23NO5/c1-17(2,3)23-16(21)18-14(15(19)20)10-7-11-22-12-13-8-5-4-6-9-13/h4-6,8-10H,7,11-12H2,1-3H3,(H,18,21)(H,19,20)/b14-10+. The summed E-state index contributed by atoms with van der Waals surface area (Å²) in [6.45, 7) is 5.91. The molecule has 0 bridgehead atoms. The molecule has 0 aromatic heterocycles. The Bertz CT molecular complexity index is 546. The first-order valence-electron chi connectivity index (χ1n) is 7.33. The van der Waals surface area contributed by atoms with Gasteiger partial charge in [0.1, 0.15) is 11.3 Å². The second kappa shape index (κ2) is 8.95. The number of ether oxygens (including phenoxy) is 2. The van der Waals surface area contributed by atoms with Gasteiger partial charge >= 0.3 is 12.1 Å². The zero-order valence-electron chi connectivity index (χ0n) is 13.7. The lowest BCUT2D eigenvalue weighted by molar-refractivity contribution is -0.133. The van der Waals surface area contributed by atoms with Crippen LogP contribution in [0.3, 0.4) is 0 Å². The molecule has 1 amide bonds. The number of carboxylic acids is 1. The lowest BCUT2D eigenvalue weighted by Gasteiger charge is -2.19. The van der Waals surface area contributed by atoms with Crippen LogP contribution in [0.25, 0.3) is 0 Å². The molecule has 0 atom stereocenters. The molecule has 6 nitrogen and oxygen atoms in total. The van der Waals surface area contributed by atoms with Gasteiger partial charge in [0.2, 0.25) is 0 Å². The van der Waals surface area contributed by atoms with Crippen molar-refractivity contribution in [2.24, 2.45) is 0 Å². The van der Waals surface area contributed by atoms with Crippen LogP contribution < -0.4 is 5.32 Å². The number of hydrogen-bond donors (Lipinski definition) is 2. The van der Waals surface area contributed by atoms with Crippen molar-refractivity contribution in [2.45, 2.75) is 39.4 Å². The number of nitrogens with one attached hydrogen (secondary N) is 1. The second-order valence-corrected chi connectivity index (χ2v) is 5.88. The molecule has 0 heterocycles. The molecule has 0 saturated carbocycles. The summed E-state index contributed by atoms with van der Waals surface area (Å²) in [5.41, 5.74) is 0.135. The third-order valence-corrected chi connectivity index (χ3v) is 2.59. The minimum atomic E-state index is -1.22. The first kappa shape index (κ1) is 18.7. The summed E-state index contributed by atoms with van der Waals surface area (Å²) in [6, 6.07) is 9.66. The van der Waals surface area contributed by atoms with E-state index >= 15 is 0 Å². The van der Waals surface area contributed by atoms with Crippen molar-refractivity contribution >= 4 is 12.1 Å². The number of carbonyl (C=O) groups excluding carboxylic acids is 1. The SMILES string of the molecule is CC(C)(C)OC(=O)N/C(=C/CCOCc1ccccc1)C(=O)O. The Morgan fingerprint density at radius 3 is 2.43 bits per heavy atom. The maximum absolute atomic E-state index is 11.6. The fourth-order valence-corrected chi connectivity index (χ4v) is 1.66. The average Bonchev–Trinajstić information content (AvgIpc) is 2.44. The zero-order valence-corrected chi connectivity index (χ0v) is 13.7. The van der Waals surface area contributed by atoms with Crippen LogP contribution in [0.15, 0.2) is 42.1 Å². The number of aliphatic carboxylic acids is 1. The third kappa shape index (κ3) is 8.63. The van der Waals surface area contributed by atoms with Crippen LogP contribution in [0.5, 0.6) is 0 Å². The van der Waals surface area contributed by atoms with Crippen LogP contribution in [-0.2, 0) is 20.9 Å². The van der Waals surface area contributed by atoms with Gasteiger partial charge in [-0.2, -0.15) is 0 Å². The Hall–Kier alpha value is -2.34. The number of carbonyl (C=O) groups is 2. The lowest BCUT2D eigenvalue weighted by Crippen LogP contribution is -2.34. The molecule has 0 fully saturated rings. The first-order valence-corrected chi connectivity index (χ1v) is 7.33. The number of benzene rings is 1. The van der Waals surface area contributed by atoms with Crippen LogP contribution >= 0.6 is 0 Å². The third-order valence-electron chi connectivity index (χ3n) is 2.59. The first-order chi connectivity index (χ1) is 10.8. The summed E-state index contributed by atoms with van der Waals surface area (Å²) in [5, 5.41) is 11.3. The molecule has 0 radical (unpaired) electrons. The van der Waals surface area contributed by atoms with Crippen molar-refractivity contribution in [2.75, 3.05) is 6.61 Å². The van der Waals surface area contributed by atoms with E-state index in [1.54, 1.807) is 20.8 Å². The Balaban J connectivity index is 2.40. The van der Waals surface area contributed by atoms with E-state index in [1.165, 1.54) is 6.08 Å². The minimum Gasteiger partial charge on any atom is -0.477 e. The molecule has 1 aromatic rings. The van der Waals surface area contributed by atoms with Gasteiger partial charge in [-0.15, -0.1) is 0 Å². The quantitative estimate of drug-likeness (QED) is 0.595. The van der Waals surface area contributed by atoms with E-state index in [0.29, 0.717) is 19.6 Å². The summed E-state index contributed by atoms with van der Waals surface area (Å²) in [5.74, 6) is -1.22. The zero-order chi connectivity index (χ0) is 17.3. The van der Waals surface area contributed by atoms with Crippen molar-refractivity contribution in [3.63, 3.8) is 0 Å². The average molecular weight is 321 g/mol. The molecule has 2 N–H and O–H groups in total. The summed E-state index contributed by atoms with van der Waals surface area (Å²) in [4.78, 5) is 22.7. The van der Waals surface area contributed by atoms with Crippen LogP contribution in [0, 0.1) is 0 Å². The Kier molecular flexibility index (Phi) is 7.28. The summed E-state index contributed by atoms with van der Waals surface area (Å²) >= 11 is 0. The Labute approximate surface area is 136 Å². The van der Waals surface area contributed by atoms with Crippen molar-refractivity contribution < 1.29 is 24.2 Å². The van der Waals surface area contributed by atoms with E-state index < -0.39 is 17.7 Å². The van der Waals surface area contributed by atoms with E-state index in [0.717, 1.165) is 5.56 Å². The highest BCUT2D eigenvalue weighted by Gasteiger charge is 2.18. The maximum atomic E-state index is 11.6. The summed E-state index contributed by atoms with van der Waals surface area (Å²) in [6.07, 6.45) is 0.970. The van der Waals surface area contributed by atoms with Gasteiger partial charge in [-0.05, 0) is 32.8 Å². The molecule has 23 heavy (non-hydrogen) atoms. The molecule has 0 unspecified atom stereocenters. The van der Waals surface area contributed by atoms with Crippen LogP contribution in [-0.4, -0.2) is 29.4 Å². The van der Waals surface area contributed by atoms with E-state index in [4.69, 9.17) is 14.6 Å². The van der Waals surface area contributed by atoms with Crippen LogP contribution in [0.2, 0.25) is 0 Å². The molecule has 0 spiro atoms. The molecule has 0 aliphatic heterocycles. The molecule has 0 aliphatic carbocycles. The normalized spacial score (nSPS) is 11.9. The van der Waals surface area contributed by atoms with Crippen molar-refractivity contribution in [3.8, 4) is 0 Å². The van der Waals surface area contributed by atoms with Crippen LogP contribution in [0.1, 0.15) is 32.8 Å². The fourth-order valence-electron chi connectivity index (χ4n) is 1.66. The predicted octanol–water partition coefficient (Wildman–Crippen LogP) is 3.09. The van der Waals surface area contributed by atoms with Gasteiger partial charge in [-0.3, -0.25) is 5.32 Å². The topological polar surface area (TPSA) is 84.9 Å². The van der Waals surface area contributed by atoms with Gasteiger partial charge in [-0.1, -0.05) is 36.4 Å². The molecule has 0 aliphatic rings. The van der Waals surface area contributed by atoms with Crippen molar-refractivity contribution in [1.29, 1.82) is 0 Å². The van der Waals surface area contributed by atoms with Crippen molar-refractivity contribution in [1.82, 2.24) is 5.32 Å². The van der Waals surface area contributed by atoms with Gasteiger partial charge in [0.15, 0.2) is 0 Å². The smallest absolute Gasteiger partial charge is 0.412 e. The number of carboxylic acid groups (broad SMARTS) is 1. The Morgan fingerprint density at radius 1 is 1.22 bits per heavy atom.